The SMILES string of the molecule is COCCNC(=O)c1ccc(Nc2c(C)cc(C)cc2C)cn1. The average molecular weight is 313 g/mol. The minimum absolute atomic E-state index is 0.198. The van der Waals surface area contributed by atoms with E-state index in [0.29, 0.717) is 18.8 Å². The third-order valence-electron chi connectivity index (χ3n) is 3.53. The van der Waals surface area contributed by atoms with Gasteiger partial charge in [-0.15, -0.1) is 0 Å². The molecule has 122 valence electrons. The van der Waals surface area contributed by atoms with Crippen LogP contribution >= 0.6 is 0 Å². The number of ether oxygens (including phenoxy) is 1. The van der Waals surface area contributed by atoms with E-state index < -0.39 is 0 Å². The first-order valence-corrected chi connectivity index (χ1v) is 7.59. The van der Waals surface area contributed by atoms with Gasteiger partial charge >= 0.3 is 0 Å². The van der Waals surface area contributed by atoms with E-state index in [4.69, 9.17) is 4.74 Å². The Balaban J connectivity index is 2.07. The zero-order chi connectivity index (χ0) is 16.8. The molecule has 0 radical (unpaired) electrons. The molecule has 23 heavy (non-hydrogen) atoms. The van der Waals surface area contributed by atoms with E-state index in [9.17, 15) is 4.79 Å². The van der Waals surface area contributed by atoms with Crippen molar-refractivity contribution in [2.24, 2.45) is 0 Å². The molecule has 0 aliphatic rings. The predicted octanol–water partition coefficient (Wildman–Crippen LogP) is 3.13. The van der Waals surface area contributed by atoms with Crippen molar-refractivity contribution in [1.82, 2.24) is 10.3 Å². The van der Waals surface area contributed by atoms with Crippen molar-refractivity contribution < 1.29 is 9.53 Å². The van der Waals surface area contributed by atoms with Crippen molar-refractivity contribution in [3.05, 3.63) is 52.8 Å². The Bertz CT molecular complexity index is 658. The largest absolute Gasteiger partial charge is 0.383 e. The first-order valence-electron chi connectivity index (χ1n) is 7.59. The number of anilines is 2. The molecule has 2 rings (SSSR count). The summed E-state index contributed by atoms with van der Waals surface area (Å²) in [4.78, 5) is 16.1. The van der Waals surface area contributed by atoms with E-state index >= 15 is 0 Å². The number of rotatable bonds is 6. The van der Waals surface area contributed by atoms with E-state index in [0.717, 1.165) is 11.4 Å². The molecule has 1 heterocycles. The number of nitrogens with one attached hydrogen (secondary N) is 2. The van der Waals surface area contributed by atoms with Crippen LogP contribution in [-0.2, 0) is 4.74 Å². The summed E-state index contributed by atoms with van der Waals surface area (Å²) < 4.78 is 4.90. The number of nitrogens with zero attached hydrogens (tertiary/aromatic N) is 1. The molecule has 0 unspecified atom stereocenters. The van der Waals surface area contributed by atoms with Crippen molar-refractivity contribution in [2.45, 2.75) is 20.8 Å². The number of benzene rings is 1. The number of amides is 1. The first-order chi connectivity index (χ1) is 11.0. The summed E-state index contributed by atoms with van der Waals surface area (Å²) in [5.41, 5.74) is 5.94. The second kappa shape index (κ2) is 7.74. The summed E-state index contributed by atoms with van der Waals surface area (Å²) in [6.07, 6.45) is 1.67. The fourth-order valence-corrected chi connectivity index (χ4v) is 2.48. The Labute approximate surface area is 137 Å². The van der Waals surface area contributed by atoms with Crippen molar-refractivity contribution >= 4 is 17.3 Å². The smallest absolute Gasteiger partial charge is 0.269 e. The van der Waals surface area contributed by atoms with Crippen LogP contribution in [0.4, 0.5) is 11.4 Å². The Morgan fingerprint density at radius 3 is 2.43 bits per heavy atom. The zero-order valence-electron chi connectivity index (χ0n) is 14.1. The molecule has 2 N–H and O–H groups in total. The summed E-state index contributed by atoms with van der Waals surface area (Å²) in [6.45, 7) is 7.19. The van der Waals surface area contributed by atoms with Gasteiger partial charge in [0.1, 0.15) is 5.69 Å². The fourth-order valence-electron chi connectivity index (χ4n) is 2.48. The molecule has 0 bridgehead atoms. The number of pyridine rings is 1. The highest BCUT2D eigenvalue weighted by Gasteiger charge is 2.08. The lowest BCUT2D eigenvalue weighted by Gasteiger charge is -2.14. The van der Waals surface area contributed by atoms with E-state index in [2.05, 4.69) is 48.5 Å². The zero-order valence-corrected chi connectivity index (χ0v) is 14.1. The standard InChI is InChI=1S/C18H23N3O2/c1-12-9-13(2)17(14(3)10-12)21-15-5-6-16(20-11-15)18(22)19-7-8-23-4/h5-6,9-11,21H,7-8H2,1-4H3,(H,19,22). The van der Waals surface area contributed by atoms with Crippen LogP contribution < -0.4 is 10.6 Å². The van der Waals surface area contributed by atoms with E-state index in [1.165, 1.54) is 16.7 Å². The molecular weight excluding hydrogens is 290 g/mol. The molecule has 0 saturated heterocycles. The molecule has 0 aliphatic heterocycles. The molecule has 0 aliphatic carbocycles. The van der Waals surface area contributed by atoms with Crippen LogP contribution in [0.25, 0.3) is 0 Å². The van der Waals surface area contributed by atoms with Gasteiger partial charge in [0.05, 0.1) is 18.5 Å². The molecule has 0 fully saturated rings. The van der Waals surface area contributed by atoms with Gasteiger partial charge in [-0.3, -0.25) is 4.79 Å². The van der Waals surface area contributed by atoms with Gasteiger partial charge in [-0.2, -0.15) is 0 Å². The Morgan fingerprint density at radius 1 is 1.17 bits per heavy atom. The van der Waals surface area contributed by atoms with Gasteiger partial charge in [0, 0.05) is 19.3 Å². The number of aryl methyl sites for hydroxylation is 3. The molecule has 5 nitrogen and oxygen atoms in total. The van der Waals surface area contributed by atoms with Crippen LogP contribution in [0.1, 0.15) is 27.2 Å². The monoisotopic (exact) mass is 313 g/mol. The van der Waals surface area contributed by atoms with E-state index in [1.54, 1.807) is 19.4 Å². The van der Waals surface area contributed by atoms with Crippen LogP contribution in [0.3, 0.4) is 0 Å². The predicted molar refractivity (Wildman–Crippen MR) is 92.4 cm³/mol. The molecule has 1 aromatic heterocycles. The molecule has 2 aromatic rings. The second-order valence-electron chi connectivity index (χ2n) is 5.58. The number of carbonyl (C=O) groups excluding carboxylic acids is 1. The van der Waals surface area contributed by atoms with Gasteiger partial charge in [-0.25, -0.2) is 4.98 Å². The third kappa shape index (κ3) is 4.53. The van der Waals surface area contributed by atoms with Crippen LogP contribution in [0.15, 0.2) is 30.5 Å². The molecule has 1 aromatic carbocycles. The number of methoxy groups -OCH3 is 1. The van der Waals surface area contributed by atoms with Gasteiger partial charge in [-0.05, 0) is 44.0 Å². The molecule has 1 amide bonds. The lowest BCUT2D eigenvalue weighted by Crippen LogP contribution is -2.27. The van der Waals surface area contributed by atoms with Crippen molar-refractivity contribution in [2.75, 3.05) is 25.6 Å². The van der Waals surface area contributed by atoms with Gasteiger partial charge < -0.3 is 15.4 Å². The summed E-state index contributed by atoms with van der Waals surface area (Å²) in [6, 6.07) is 7.85. The van der Waals surface area contributed by atoms with Gasteiger partial charge in [-0.1, -0.05) is 17.7 Å². The van der Waals surface area contributed by atoms with Crippen LogP contribution in [0.5, 0.6) is 0 Å². The quantitative estimate of drug-likeness (QED) is 0.804. The number of hydrogen-bond acceptors (Lipinski definition) is 4. The van der Waals surface area contributed by atoms with Gasteiger partial charge in [0.2, 0.25) is 0 Å². The molecular formula is C18H23N3O2. The normalized spacial score (nSPS) is 10.4. The number of aromatic nitrogens is 1. The Hall–Kier alpha value is -2.40. The average Bonchev–Trinajstić information content (AvgIpc) is 2.51. The maximum absolute atomic E-state index is 11.9. The van der Waals surface area contributed by atoms with Crippen LogP contribution in [-0.4, -0.2) is 31.2 Å². The van der Waals surface area contributed by atoms with Crippen molar-refractivity contribution in [1.29, 1.82) is 0 Å². The minimum atomic E-state index is -0.198. The van der Waals surface area contributed by atoms with Gasteiger partial charge in [0.25, 0.3) is 5.91 Å². The summed E-state index contributed by atoms with van der Waals surface area (Å²) in [5, 5.41) is 6.12. The second-order valence-corrected chi connectivity index (χ2v) is 5.58. The number of carbonyl (C=O) groups is 1. The molecule has 5 heteroatoms. The van der Waals surface area contributed by atoms with Crippen molar-refractivity contribution in [3.63, 3.8) is 0 Å². The molecule has 0 atom stereocenters. The Kier molecular flexibility index (Phi) is 5.71. The fraction of sp³-hybridized carbons (Fsp3) is 0.333. The van der Waals surface area contributed by atoms with E-state index in [1.807, 2.05) is 6.07 Å². The topological polar surface area (TPSA) is 63.2 Å². The summed E-state index contributed by atoms with van der Waals surface area (Å²) in [5.74, 6) is -0.198. The van der Waals surface area contributed by atoms with Crippen LogP contribution in [0, 0.1) is 20.8 Å². The Morgan fingerprint density at radius 2 is 1.87 bits per heavy atom. The highest BCUT2D eigenvalue weighted by atomic mass is 16.5. The number of hydrogen-bond donors (Lipinski definition) is 2. The summed E-state index contributed by atoms with van der Waals surface area (Å²) >= 11 is 0. The van der Waals surface area contributed by atoms with Crippen molar-refractivity contribution in [3.8, 4) is 0 Å². The molecule has 0 saturated carbocycles. The lowest BCUT2D eigenvalue weighted by molar-refractivity contribution is 0.0932. The summed E-state index contributed by atoms with van der Waals surface area (Å²) in [7, 11) is 1.60. The van der Waals surface area contributed by atoms with E-state index in [-0.39, 0.29) is 5.91 Å². The van der Waals surface area contributed by atoms with Gasteiger partial charge in [0.15, 0.2) is 0 Å². The highest BCUT2D eigenvalue weighted by Crippen LogP contribution is 2.25. The first kappa shape index (κ1) is 17.0. The maximum Gasteiger partial charge on any atom is 0.269 e. The van der Waals surface area contributed by atoms with Crippen LogP contribution in [0.2, 0.25) is 0 Å². The highest BCUT2D eigenvalue weighted by molar-refractivity contribution is 5.92. The molecule has 0 spiro atoms. The maximum atomic E-state index is 11.9. The third-order valence-corrected chi connectivity index (χ3v) is 3.53. The lowest BCUT2D eigenvalue weighted by atomic mass is 10.0. The minimum Gasteiger partial charge on any atom is -0.383 e.